The number of fused-ring (bicyclic) bond motifs is 1. The van der Waals surface area contributed by atoms with Gasteiger partial charge in [-0.1, -0.05) is 30.3 Å². The molecule has 0 saturated carbocycles. The first kappa shape index (κ1) is 10.1. The molecule has 0 spiro atoms. The summed E-state index contributed by atoms with van der Waals surface area (Å²) >= 11 is 0. The molecule has 1 amide bonds. The Kier molecular flexibility index (Phi) is 2.22. The molecule has 2 heteroatoms. The lowest BCUT2D eigenvalue weighted by atomic mass is 10.1. The number of carbonyl (C=O) groups excluding carboxylic acids is 1. The number of nitrogens with zero attached hydrogens (tertiary/aromatic N) is 1. The van der Waals surface area contributed by atoms with Gasteiger partial charge in [0.1, 0.15) is 0 Å². The van der Waals surface area contributed by atoms with Crippen LogP contribution in [0.3, 0.4) is 0 Å². The van der Waals surface area contributed by atoms with E-state index in [1.165, 1.54) is 5.56 Å². The maximum absolute atomic E-state index is 12.2. The molecule has 0 aliphatic carbocycles. The second-order valence-electron chi connectivity index (χ2n) is 4.39. The van der Waals surface area contributed by atoms with Crippen molar-refractivity contribution >= 4 is 11.6 Å². The smallest absolute Gasteiger partial charge is 0.258 e. The lowest BCUT2D eigenvalue weighted by Crippen LogP contribution is -2.22. The van der Waals surface area contributed by atoms with Gasteiger partial charge in [0.15, 0.2) is 0 Å². The first-order chi connectivity index (χ1) is 8.25. The predicted molar refractivity (Wildman–Crippen MR) is 68.1 cm³/mol. The molecule has 0 fully saturated rings. The number of anilines is 1. The van der Waals surface area contributed by atoms with Gasteiger partial charge in [-0.2, -0.15) is 0 Å². The van der Waals surface area contributed by atoms with Gasteiger partial charge in [0, 0.05) is 11.3 Å². The third kappa shape index (κ3) is 1.62. The number of hydrogen-bond donors (Lipinski definition) is 0. The number of aryl methyl sites for hydroxylation is 1. The number of amides is 1. The molecule has 2 aromatic rings. The van der Waals surface area contributed by atoms with Gasteiger partial charge in [-0.3, -0.25) is 4.79 Å². The zero-order valence-electron chi connectivity index (χ0n) is 9.68. The van der Waals surface area contributed by atoms with Crippen molar-refractivity contribution in [3.63, 3.8) is 0 Å². The van der Waals surface area contributed by atoms with E-state index in [1.807, 2.05) is 60.4 Å². The highest BCUT2D eigenvalue weighted by Crippen LogP contribution is 2.28. The molecule has 0 unspecified atom stereocenters. The quantitative estimate of drug-likeness (QED) is 0.727. The molecule has 0 N–H and O–H groups in total. The molecule has 3 rings (SSSR count). The van der Waals surface area contributed by atoms with Crippen molar-refractivity contribution in [1.29, 1.82) is 0 Å². The van der Waals surface area contributed by atoms with Gasteiger partial charge in [0.25, 0.3) is 5.91 Å². The van der Waals surface area contributed by atoms with Crippen LogP contribution < -0.4 is 4.90 Å². The summed E-state index contributed by atoms with van der Waals surface area (Å²) in [5.41, 5.74) is 4.09. The fourth-order valence-electron chi connectivity index (χ4n) is 2.26. The largest absolute Gasteiger partial charge is 0.304 e. The summed E-state index contributed by atoms with van der Waals surface area (Å²) in [5.74, 6) is 0.103. The Morgan fingerprint density at radius 3 is 2.65 bits per heavy atom. The van der Waals surface area contributed by atoms with Crippen molar-refractivity contribution in [3.8, 4) is 0 Å². The summed E-state index contributed by atoms with van der Waals surface area (Å²) in [5, 5.41) is 0. The maximum Gasteiger partial charge on any atom is 0.258 e. The van der Waals surface area contributed by atoms with Crippen molar-refractivity contribution in [2.24, 2.45) is 0 Å². The normalized spacial score (nSPS) is 13.9. The van der Waals surface area contributed by atoms with Crippen LogP contribution in [-0.4, -0.2) is 5.91 Å². The minimum atomic E-state index is 0.103. The Morgan fingerprint density at radius 2 is 1.88 bits per heavy atom. The van der Waals surface area contributed by atoms with E-state index in [-0.39, 0.29) is 5.91 Å². The number of benzene rings is 2. The highest BCUT2D eigenvalue weighted by molar-refractivity contribution is 6.09. The standard InChI is InChI=1S/C15H13NO/c1-11-5-4-7-13(9-11)16-10-12-6-2-3-8-14(12)15(16)17/h2-9H,10H2,1H3. The molecule has 1 aliphatic heterocycles. The van der Waals surface area contributed by atoms with Crippen LogP contribution in [0.4, 0.5) is 5.69 Å². The molecule has 17 heavy (non-hydrogen) atoms. The van der Waals surface area contributed by atoms with Crippen LogP contribution in [-0.2, 0) is 6.54 Å². The molecule has 0 atom stereocenters. The van der Waals surface area contributed by atoms with Crippen molar-refractivity contribution < 1.29 is 4.79 Å². The lowest BCUT2D eigenvalue weighted by Gasteiger charge is -2.16. The SMILES string of the molecule is Cc1cccc(N2Cc3ccccc3C2=O)c1. The molecule has 0 saturated heterocycles. The molecule has 84 valence electrons. The van der Waals surface area contributed by atoms with E-state index >= 15 is 0 Å². The van der Waals surface area contributed by atoms with Crippen LogP contribution in [0.5, 0.6) is 0 Å². The second kappa shape index (κ2) is 3.74. The van der Waals surface area contributed by atoms with Crippen molar-refractivity contribution in [2.75, 3.05) is 4.90 Å². The monoisotopic (exact) mass is 223 g/mol. The summed E-state index contributed by atoms with van der Waals surface area (Å²) in [7, 11) is 0. The molecule has 1 aliphatic rings. The van der Waals surface area contributed by atoms with Crippen LogP contribution in [0.15, 0.2) is 48.5 Å². The Balaban J connectivity index is 2.02. The van der Waals surface area contributed by atoms with Gasteiger partial charge >= 0.3 is 0 Å². The molecule has 0 aromatic heterocycles. The van der Waals surface area contributed by atoms with Crippen LogP contribution in [0, 0.1) is 6.92 Å². The van der Waals surface area contributed by atoms with Gasteiger partial charge in [0.05, 0.1) is 6.54 Å². The van der Waals surface area contributed by atoms with Gasteiger partial charge in [-0.25, -0.2) is 0 Å². The van der Waals surface area contributed by atoms with E-state index in [2.05, 4.69) is 0 Å². The Labute approximate surface area is 100 Å². The molecule has 2 aromatic carbocycles. The van der Waals surface area contributed by atoms with Gasteiger partial charge in [-0.05, 0) is 36.2 Å². The van der Waals surface area contributed by atoms with E-state index in [9.17, 15) is 4.79 Å². The summed E-state index contributed by atoms with van der Waals surface area (Å²) in [6, 6.07) is 15.9. The number of rotatable bonds is 1. The highest BCUT2D eigenvalue weighted by atomic mass is 16.2. The lowest BCUT2D eigenvalue weighted by molar-refractivity contribution is 0.0996. The summed E-state index contributed by atoms with van der Waals surface area (Å²) in [6.45, 7) is 2.72. The van der Waals surface area contributed by atoms with Crippen molar-refractivity contribution in [2.45, 2.75) is 13.5 Å². The first-order valence-electron chi connectivity index (χ1n) is 5.72. The number of carbonyl (C=O) groups is 1. The molecule has 1 heterocycles. The van der Waals surface area contributed by atoms with Crippen LogP contribution >= 0.6 is 0 Å². The van der Waals surface area contributed by atoms with E-state index in [1.54, 1.807) is 0 Å². The summed E-state index contributed by atoms with van der Waals surface area (Å²) in [4.78, 5) is 14.1. The molecule has 0 radical (unpaired) electrons. The van der Waals surface area contributed by atoms with Gasteiger partial charge < -0.3 is 4.90 Å². The zero-order chi connectivity index (χ0) is 11.8. The van der Waals surface area contributed by atoms with Crippen LogP contribution in [0.2, 0.25) is 0 Å². The third-order valence-corrected chi connectivity index (χ3v) is 3.13. The Bertz CT molecular complexity index is 589. The minimum absolute atomic E-state index is 0.103. The second-order valence-corrected chi connectivity index (χ2v) is 4.39. The predicted octanol–water partition coefficient (Wildman–Crippen LogP) is 3.16. The van der Waals surface area contributed by atoms with E-state index in [4.69, 9.17) is 0 Å². The van der Waals surface area contributed by atoms with Gasteiger partial charge in [-0.15, -0.1) is 0 Å². The molecule has 2 nitrogen and oxygen atoms in total. The average molecular weight is 223 g/mol. The van der Waals surface area contributed by atoms with E-state index < -0.39 is 0 Å². The molecule has 0 bridgehead atoms. The van der Waals surface area contributed by atoms with E-state index in [0.29, 0.717) is 6.54 Å². The Hall–Kier alpha value is -2.09. The topological polar surface area (TPSA) is 20.3 Å². The maximum atomic E-state index is 12.2. The molecular weight excluding hydrogens is 210 g/mol. The van der Waals surface area contributed by atoms with Crippen LogP contribution in [0.25, 0.3) is 0 Å². The average Bonchev–Trinajstić information content (AvgIpc) is 2.68. The third-order valence-electron chi connectivity index (χ3n) is 3.13. The van der Waals surface area contributed by atoms with Gasteiger partial charge in [0.2, 0.25) is 0 Å². The minimum Gasteiger partial charge on any atom is -0.304 e. The fraction of sp³-hybridized carbons (Fsp3) is 0.133. The Morgan fingerprint density at radius 1 is 1.06 bits per heavy atom. The highest BCUT2D eigenvalue weighted by Gasteiger charge is 2.27. The van der Waals surface area contributed by atoms with Crippen molar-refractivity contribution in [1.82, 2.24) is 0 Å². The summed E-state index contributed by atoms with van der Waals surface area (Å²) in [6.07, 6.45) is 0. The zero-order valence-corrected chi connectivity index (χ0v) is 9.68. The fourth-order valence-corrected chi connectivity index (χ4v) is 2.26. The first-order valence-corrected chi connectivity index (χ1v) is 5.72. The summed E-state index contributed by atoms with van der Waals surface area (Å²) < 4.78 is 0. The number of hydrogen-bond acceptors (Lipinski definition) is 1. The molecular formula is C15H13NO. The van der Waals surface area contributed by atoms with Crippen molar-refractivity contribution in [3.05, 3.63) is 65.2 Å². The van der Waals surface area contributed by atoms with Crippen LogP contribution in [0.1, 0.15) is 21.5 Å². The van der Waals surface area contributed by atoms with E-state index in [0.717, 1.165) is 16.8 Å².